The molecule has 0 fully saturated rings. The molecule has 0 amide bonds. The van der Waals surface area contributed by atoms with Crippen molar-refractivity contribution >= 4 is 28.0 Å². The first-order chi connectivity index (χ1) is 9.31. The van der Waals surface area contributed by atoms with Gasteiger partial charge in [0.05, 0.1) is 0 Å². The molecule has 0 spiro atoms. The summed E-state index contributed by atoms with van der Waals surface area (Å²) < 4.78 is 15.7. The highest BCUT2D eigenvalue weighted by atomic mass is 79.9. The summed E-state index contributed by atoms with van der Waals surface area (Å²) in [5.74, 6) is 0.314. The van der Waals surface area contributed by atoms with Gasteiger partial charge in [-0.05, 0) is 60.5 Å². The zero-order chi connectivity index (χ0) is 15.2. The van der Waals surface area contributed by atoms with Gasteiger partial charge < -0.3 is 14.2 Å². The van der Waals surface area contributed by atoms with Crippen LogP contribution in [0.1, 0.15) is 26.3 Å². The molecule has 1 aromatic rings. The van der Waals surface area contributed by atoms with E-state index >= 15 is 0 Å². The van der Waals surface area contributed by atoms with Crippen molar-refractivity contribution in [2.24, 2.45) is 0 Å². The van der Waals surface area contributed by atoms with Crippen molar-refractivity contribution in [3.8, 4) is 5.75 Å². The first kappa shape index (κ1) is 16.7. The number of benzene rings is 1. The van der Waals surface area contributed by atoms with E-state index in [2.05, 4.69) is 15.9 Å². The molecule has 0 saturated heterocycles. The molecular weight excluding hydrogens is 324 g/mol. The Morgan fingerprint density at radius 1 is 1.25 bits per heavy atom. The molecule has 0 atom stereocenters. The van der Waals surface area contributed by atoms with Crippen LogP contribution in [0.25, 0.3) is 6.08 Å². The maximum Gasteiger partial charge on any atom is 0.345 e. The van der Waals surface area contributed by atoms with Crippen LogP contribution < -0.4 is 4.74 Å². The first-order valence-corrected chi connectivity index (χ1v) is 6.93. The molecule has 0 aromatic heterocycles. The summed E-state index contributed by atoms with van der Waals surface area (Å²) in [5, 5.41) is 0. The van der Waals surface area contributed by atoms with E-state index in [0.29, 0.717) is 10.2 Å². The molecule has 1 rings (SSSR count). The number of carbonyl (C=O) groups is 1. The third-order valence-corrected chi connectivity index (χ3v) is 2.66. The summed E-state index contributed by atoms with van der Waals surface area (Å²) >= 11 is 3.23. The Balaban J connectivity index is 2.70. The Hall–Kier alpha value is -1.33. The van der Waals surface area contributed by atoms with Gasteiger partial charge in [0.2, 0.25) is 0 Å². The predicted molar refractivity (Wildman–Crippen MR) is 81.7 cm³/mol. The average Bonchev–Trinajstić information content (AvgIpc) is 2.36. The largest absolute Gasteiger partial charge is 0.468 e. The van der Waals surface area contributed by atoms with E-state index in [4.69, 9.17) is 14.2 Å². The van der Waals surface area contributed by atoms with Gasteiger partial charge in [0.15, 0.2) is 6.79 Å². The highest BCUT2D eigenvalue weighted by Gasteiger charge is 2.18. The third kappa shape index (κ3) is 6.21. The number of carbonyl (C=O) groups excluding carboxylic acids is 1. The van der Waals surface area contributed by atoms with Crippen LogP contribution in [-0.4, -0.2) is 25.5 Å². The number of halogens is 1. The second-order valence-corrected chi connectivity index (χ2v) is 5.97. The minimum Gasteiger partial charge on any atom is -0.468 e. The van der Waals surface area contributed by atoms with Crippen LogP contribution in [0.3, 0.4) is 0 Å². The minimum absolute atomic E-state index is 0.205. The summed E-state index contributed by atoms with van der Waals surface area (Å²) in [6.07, 6.45) is 1.70. The monoisotopic (exact) mass is 342 g/mol. The fourth-order valence-electron chi connectivity index (χ4n) is 1.32. The lowest BCUT2D eigenvalue weighted by atomic mass is 10.2. The number of ether oxygens (including phenoxy) is 3. The van der Waals surface area contributed by atoms with E-state index < -0.39 is 11.6 Å². The number of rotatable bonds is 5. The van der Waals surface area contributed by atoms with Crippen LogP contribution in [0.5, 0.6) is 5.75 Å². The predicted octanol–water partition coefficient (Wildman–Crippen LogP) is 3.75. The van der Waals surface area contributed by atoms with Gasteiger partial charge >= 0.3 is 5.97 Å². The van der Waals surface area contributed by atoms with Crippen LogP contribution in [0, 0.1) is 0 Å². The normalized spacial score (nSPS) is 12.2. The van der Waals surface area contributed by atoms with Gasteiger partial charge in [-0.3, -0.25) is 0 Å². The lowest BCUT2D eigenvalue weighted by molar-refractivity contribution is -0.148. The van der Waals surface area contributed by atoms with Crippen LogP contribution in [0.15, 0.2) is 28.7 Å². The van der Waals surface area contributed by atoms with E-state index in [1.807, 2.05) is 32.9 Å². The summed E-state index contributed by atoms with van der Waals surface area (Å²) in [7, 11) is 1.56. The summed E-state index contributed by atoms with van der Waals surface area (Å²) in [5.41, 5.74) is 0.356. The quantitative estimate of drug-likeness (QED) is 0.464. The second-order valence-electron chi connectivity index (χ2n) is 5.11. The van der Waals surface area contributed by atoms with Crippen molar-refractivity contribution in [3.63, 3.8) is 0 Å². The fourth-order valence-corrected chi connectivity index (χ4v) is 1.66. The van der Waals surface area contributed by atoms with E-state index in [1.165, 1.54) is 0 Å². The zero-order valence-corrected chi connectivity index (χ0v) is 13.7. The number of hydrogen-bond donors (Lipinski definition) is 0. The number of methoxy groups -OCH3 is 1. The van der Waals surface area contributed by atoms with Crippen molar-refractivity contribution < 1.29 is 19.0 Å². The van der Waals surface area contributed by atoms with E-state index in [0.717, 1.165) is 5.56 Å². The molecule has 4 nitrogen and oxygen atoms in total. The summed E-state index contributed by atoms with van der Waals surface area (Å²) in [6, 6.07) is 7.30. The molecule has 0 radical (unpaired) electrons. The molecular formula is C15H19BrO4. The van der Waals surface area contributed by atoms with Crippen molar-refractivity contribution in [1.29, 1.82) is 0 Å². The van der Waals surface area contributed by atoms with Gasteiger partial charge in [-0.2, -0.15) is 0 Å². The van der Waals surface area contributed by atoms with Gasteiger partial charge in [0.25, 0.3) is 0 Å². The second kappa shape index (κ2) is 7.45. The molecule has 0 unspecified atom stereocenters. The highest BCUT2D eigenvalue weighted by molar-refractivity contribution is 9.12. The molecule has 5 heteroatoms. The molecule has 0 N–H and O–H groups in total. The standard InChI is InChI=1S/C15H19BrO4/c1-15(2,3)20-14(17)13(16)9-11-5-7-12(8-6-11)19-10-18-4/h5-9H,10H2,1-4H3. The minimum atomic E-state index is -0.512. The van der Waals surface area contributed by atoms with E-state index in [1.54, 1.807) is 25.3 Å². The number of esters is 1. The van der Waals surface area contributed by atoms with Crippen LogP contribution in [-0.2, 0) is 14.3 Å². The van der Waals surface area contributed by atoms with Crippen molar-refractivity contribution in [2.45, 2.75) is 26.4 Å². The van der Waals surface area contributed by atoms with Gasteiger partial charge in [0, 0.05) is 7.11 Å². The zero-order valence-electron chi connectivity index (χ0n) is 12.1. The molecule has 1 aromatic carbocycles. The van der Waals surface area contributed by atoms with Crippen LogP contribution >= 0.6 is 15.9 Å². The Morgan fingerprint density at radius 2 is 1.85 bits per heavy atom. The molecule has 0 aliphatic heterocycles. The Kier molecular flexibility index (Phi) is 6.23. The lowest BCUT2D eigenvalue weighted by Gasteiger charge is -2.19. The lowest BCUT2D eigenvalue weighted by Crippen LogP contribution is -2.23. The Labute approximate surface area is 127 Å². The molecule has 0 bridgehead atoms. The van der Waals surface area contributed by atoms with Crippen molar-refractivity contribution in [3.05, 3.63) is 34.3 Å². The number of hydrogen-bond acceptors (Lipinski definition) is 4. The third-order valence-electron chi connectivity index (χ3n) is 2.11. The molecule has 0 aliphatic rings. The smallest absolute Gasteiger partial charge is 0.345 e. The molecule has 110 valence electrons. The topological polar surface area (TPSA) is 44.8 Å². The fraction of sp³-hybridized carbons (Fsp3) is 0.400. The Morgan fingerprint density at radius 3 is 2.35 bits per heavy atom. The van der Waals surface area contributed by atoms with Gasteiger partial charge in [-0.1, -0.05) is 12.1 Å². The van der Waals surface area contributed by atoms with Gasteiger partial charge in [-0.25, -0.2) is 4.79 Å². The molecule has 0 saturated carbocycles. The summed E-state index contributed by atoms with van der Waals surface area (Å²) in [6.45, 7) is 5.68. The van der Waals surface area contributed by atoms with Crippen molar-refractivity contribution in [2.75, 3.05) is 13.9 Å². The van der Waals surface area contributed by atoms with E-state index in [9.17, 15) is 4.79 Å². The van der Waals surface area contributed by atoms with Gasteiger partial charge in [-0.15, -0.1) is 0 Å². The highest BCUT2D eigenvalue weighted by Crippen LogP contribution is 2.19. The molecule has 20 heavy (non-hydrogen) atoms. The first-order valence-electron chi connectivity index (χ1n) is 6.14. The summed E-state index contributed by atoms with van der Waals surface area (Å²) in [4.78, 5) is 11.8. The van der Waals surface area contributed by atoms with Crippen LogP contribution in [0.2, 0.25) is 0 Å². The molecule has 0 aliphatic carbocycles. The van der Waals surface area contributed by atoms with E-state index in [-0.39, 0.29) is 6.79 Å². The maximum atomic E-state index is 11.8. The maximum absolute atomic E-state index is 11.8. The SMILES string of the molecule is COCOc1ccc(C=C(Br)C(=O)OC(C)(C)C)cc1. The van der Waals surface area contributed by atoms with Crippen molar-refractivity contribution in [1.82, 2.24) is 0 Å². The Bertz CT molecular complexity index is 472. The van der Waals surface area contributed by atoms with Crippen LogP contribution in [0.4, 0.5) is 0 Å². The average molecular weight is 343 g/mol. The van der Waals surface area contributed by atoms with Gasteiger partial charge in [0.1, 0.15) is 15.8 Å². The molecule has 0 heterocycles.